The highest BCUT2D eigenvalue weighted by Gasteiger charge is 2.20. The topological polar surface area (TPSA) is 106 Å². The Morgan fingerprint density at radius 1 is 1.07 bits per heavy atom. The van der Waals surface area contributed by atoms with Crippen LogP contribution in [-0.2, 0) is 19.1 Å². The molecular weight excluding hydrogens is 376 g/mol. The minimum Gasteiger partial charge on any atom is -0.444 e. The Morgan fingerprint density at radius 2 is 1.61 bits per heavy atom. The molecule has 1 aromatic carbocycles. The van der Waals surface area contributed by atoms with Gasteiger partial charge in [0.1, 0.15) is 5.60 Å². The molecule has 3 amide bonds. The lowest BCUT2D eigenvalue weighted by molar-refractivity contribution is -0.118. The van der Waals surface area contributed by atoms with Crippen LogP contribution in [0.1, 0.15) is 34.1 Å². The van der Waals surface area contributed by atoms with Gasteiger partial charge >= 0.3 is 6.09 Å². The number of nitrogens with one attached hydrogen (secondary N) is 3. The standard InChI is InChI=1S/C18H25F2N3O5/c1-10(24)22-14-7-12(19)13(20)8-15(14)23-16(25)6-11(27-5)9-21-17(26)28-18(2,3)4/h7-8,11H,6,9H2,1-5H3,(H,21,26)(H,22,24)(H,23,25)/t11-/m1/s1. The lowest BCUT2D eigenvalue weighted by Gasteiger charge is -2.21. The molecule has 28 heavy (non-hydrogen) atoms. The zero-order valence-corrected chi connectivity index (χ0v) is 16.4. The van der Waals surface area contributed by atoms with Gasteiger partial charge in [0.05, 0.1) is 23.9 Å². The van der Waals surface area contributed by atoms with Gasteiger partial charge in [0.2, 0.25) is 11.8 Å². The molecule has 0 aliphatic heterocycles. The number of amides is 3. The van der Waals surface area contributed by atoms with Crippen molar-refractivity contribution in [3.8, 4) is 0 Å². The second kappa shape index (κ2) is 9.98. The minimum absolute atomic E-state index is 0.00480. The van der Waals surface area contributed by atoms with Crippen LogP contribution in [0.4, 0.5) is 25.0 Å². The number of carbonyl (C=O) groups is 3. The first-order valence-corrected chi connectivity index (χ1v) is 8.47. The van der Waals surface area contributed by atoms with E-state index in [0.717, 1.165) is 12.1 Å². The molecule has 1 aromatic rings. The highest BCUT2D eigenvalue weighted by Crippen LogP contribution is 2.25. The molecular formula is C18H25F2N3O5. The van der Waals surface area contributed by atoms with Crippen molar-refractivity contribution in [2.75, 3.05) is 24.3 Å². The average Bonchev–Trinajstić information content (AvgIpc) is 2.54. The normalized spacial score (nSPS) is 12.1. The monoisotopic (exact) mass is 401 g/mol. The van der Waals surface area contributed by atoms with Crippen molar-refractivity contribution in [1.29, 1.82) is 0 Å². The van der Waals surface area contributed by atoms with Crippen LogP contribution < -0.4 is 16.0 Å². The highest BCUT2D eigenvalue weighted by atomic mass is 19.2. The lowest BCUT2D eigenvalue weighted by atomic mass is 10.2. The van der Waals surface area contributed by atoms with E-state index in [-0.39, 0.29) is 24.3 Å². The van der Waals surface area contributed by atoms with Crippen molar-refractivity contribution in [3.63, 3.8) is 0 Å². The molecule has 156 valence electrons. The summed E-state index contributed by atoms with van der Waals surface area (Å²) in [4.78, 5) is 35.1. The molecule has 0 saturated heterocycles. The zero-order chi connectivity index (χ0) is 21.5. The minimum atomic E-state index is -1.18. The van der Waals surface area contributed by atoms with Gasteiger partial charge in [-0.25, -0.2) is 13.6 Å². The number of ether oxygens (including phenoxy) is 2. The summed E-state index contributed by atoms with van der Waals surface area (Å²) in [6.07, 6.45) is -1.55. The summed E-state index contributed by atoms with van der Waals surface area (Å²) in [7, 11) is 1.36. The molecule has 0 aromatic heterocycles. The molecule has 0 fully saturated rings. The summed E-state index contributed by atoms with van der Waals surface area (Å²) in [6.45, 7) is 6.32. The first-order valence-electron chi connectivity index (χ1n) is 8.47. The molecule has 3 N–H and O–H groups in total. The fourth-order valence-corrected chi connectivity index (χ4v) is 2.10. The number of hydrogen-bond acceptors (Lipinski definition) is 5. The summed E-state index contributed by atoms with van der Waals surface area (Å²) in [5.74, 6) is -3.45. The van der Waals surface area contributed by atoms with E-state index in [1.54, 1.807) is 20.8 Å². The number of rotatable bonds is 7. The van der Waals surface area contributed by atoms with E-state index in [9.17, 15) is 23.2 Å². The molecule has 8 nitrogen and oxygen atoms in total. The molecule has 0 bridgehead atoms. The van der Waals surface area contributed by atoms with E-state index in [1.807, 2.05) is 0 Å². The van der Waals surface area contributed by atoms with Gasteiger partial charge in [0.15, 0.2) is 11.6 Å². The van der Waals surface area contributed by atoms with E-state index < -0.39 is 41.2 Å². The van der Waals surface area contributed by atoms with Crippen molar-refractivity contribution in [3.05, 3.63) is 23.8 Å². The van der Waals surface area contributed by atoms with Crippen LogP contribution in [0.25, 0.3) is 0 Å². The summed E-state index contributed by atoms with van der Waals surface area (Å²) in [6, 6.07) is 1.53. The van der Waals surface area contributed by atoms with Crippen LogP contribution in [0, 0.1) is 11.6 Å². The Kier molecular flexibility index (Phi) is 8.30. The number of hydrogen-bond donors (Lipinski definition) is 3. The first kappa shape index (κ1) is 23.3. The van der Waals surface area contributed by atoms with E-state index in [4.69, 9.17) is 9.47 Å². The number of anilines is 2. The summed E-state index contributed by atoms with van der Waals surface area (Å²) < 4.78 is 37.1. The van der Waals surface area contributed by atoms with Gasteiger partial charge in [-0.1, -0.05) is 0 Å². The summed E-state index contributed by atoms with van der Waals surface area (Å²) in [5, 5.41) is 7.18. The highest BCUT2D eigenvalue weighted by molar-refractivity contribution is 5.99. The lowest BCUT2D eigenvalue weighted by Crippen LogP contribution is -2.38. The van der Waals surface area contributed by atoms with Crippen molar-refractivity contribution in [1.82, 2.24) is 5.32 Å². The molecule has 0 spiro atoms. The van der Waals surface area contributed by atoms with Crippen LogP contribution in [0.15, 0.2) is 12.1 Å². The first-order chi connectivity index (χ1) is 12.9. The molecule has 0 unspecified atom stereocenters. The number of benzene rings is 1. The molecule has 0 saturated carbocycles. The van der Waals surface area contributed by atoms with Gasteiger partial charge < -0.3 is 25.4 Å². The third-order valence-electron chi connectivity index (χ3n) is 3.26. The van der Waals surface area contributed by atoms with E-state index in [0.29, 0.717) is 0 Å². The molecule has 0 heterocycles. The summed E-state index contributed by atoms with van der Waals surface area (Å²) in [5.41, 5.74) is -0.855. The van der Waals surface area contributed by atoms with Gasteiger partial charge in [-0.05, 0) is 20.8 Å². The summed E-state index contributed by atoms with van der Waals surface area (Å²) >= 11 is 0. The van der Waals surface area contributed by atoms with Crippen molar-refractivity contribution < 1.29 is 32.6 Å². The van der Waals surface area contributed by atoms with E-state index in [1.165, 1.54) is 14.0 Å². The Labute approximate surface area is 162 Å². The third-order valence-corrected chi connectivity index (χ3v) is 3.26. The molecule has 10 heteroatoms. The number of alkyl carbamates (subject to hydrolysis) is 1. The Balaban J connectivity index is 2.72. The van der Waals surface area contributed by atoms with Gasteiger partial charge in [0.25, 0.3) is 0 Å². The smallest absolute Gasteiger partial charge is 0.407 e. The fourth-order valence-electron chi connectivity index (χ4n) is 2.10. The number of halogens is 2. The van der Waals surface area contributed by atoms with E-state index in [2.05, 4.69) is 16.0 Å². The largest absolute Gasteiger partial charge is 0.444 e. The van der Waals surface area contributed by atoms with Crippen molar-refractivity contribution >= 4 is 29.3 Å². The molecule has 0 radical (unpaired) electrons. The second-order valence-electron chi connectivity index (χ2n) is 6.99. The average molecular weight is 401 g/mol. The van der Waals surface area contributed by atoms with E-state index >= 15 is 0 Å². The van der Waals surface area contributed by atoms with Gasteiger partial charge in [-0.2, -0.15) is 0 Å². The predicted molar refractivity (Wildman–Crippen MR) is 98.9 cm³/mol. The SMILES string of the molecule is CO[C@@H](CNC(=O)OC(C)(C)C)CC(=O)Nc1cc(F)c(F)cc1NC(C)=O. The predicted octanol–water partition coefficient (Wildman–Crippen LogP) is 2.79. The second-order valence-corrected chi connectivity index (χ2v) is 6.99. The Hall–Kier alpha value is -2.75. The Morgan fingerprint density at radius 3 is 2.07 bits per heavy atom. The maximum atomic E-state index is 13.5. The van der Waals surface area contributed by atoms with Crippen LogP contribution >= 0.6 is 0 Å². The van der Waals surface area contributed by atoms with Crippen molar-refractivity contribution in [2.24, 2.45) is 0 Å². The molecule has 1 atom stereocenters. The van der Waals surface area contributed by atoms with Gasteiger partial charge in [0, 0.05) is 32.7 Å². The molecule has 0 aliphatic rings. The number of carbonyl (C=O) groups excluding carboxylic acids is 3. The molecule has 0 aliphatic carbocycles. The van der Waals surface area contributed by atoms with Gasteiger partial charge in [-0.15, -0.1) is 0 Å². The molecule has 1 rings (SSSR count). The Bertz CT molecular complexity index is 735. The van der Waals surface area contributed by atoms with Crippen LogP contribution in [0.2, 0.25) is 0 Å². The maximum absolute atomic E-state index is 13.5. The van der Waals surface area contributed by atoms with Crippen LogP contribution in [0.3, 0.4) is 0 Å². The number of methoxy groups -OCH3 is 1. The quantitative estimate of drug-likeness (QED) is 0.652. The van der Waals surface area contributed by atoms with Crippen LogP contribution in [-0.4, -0.2) is 43.3 Å². The van der Waals surface area contributed by atoms with Crippen LogP contribution in [0.5, 0.6) is 0 Å². The maximum Gasteiger partial charge on any atom is 0.407 e. The van der Waals surface area contributed by atoms with Crippen molar-refractivity contribution in [2.45, 2.75) is 45.8 Å². The third kappa shape index (κ3) is 8.30. The zero-order valence-electron chi connectivity index (χ0n) is 16.4. The van der Waals surface area contributed by atoms with Gasteiger partial charge in [-0.3, -0.25) is 9.59 Å². The fraction of sp³-hybridized carbons (Fsp3) is 0.500.